The average Bonchev–Trinajstić information content (AvgIpc) is 2.85. The molecule has 5 heterocycles. The van der Waals surface area contributed by atoms with E-state index in [4.69, 9.17) is 4.74 Å². The summed E-state index contributed by atoms with van der Waals surface area (Å²) >= 11 is 0. The first-order chi connectivity index (χ1) is 12.4. The van der Waals surface area contributed by atoms with Crippen LogP contribution in [0.3, 0.4) is 0 Å². The Labute approximate surface area is 150 Å². The van der Waals surface area contributed by atoms with Gasteiger partial charge in [0.1, 0.15) is 6.33 Å². The van der Waals surface area contributed by atoms with Crippen molar-refractivity contribution in [3.8, 4) is 5.88 Å². The Bertz CT molecular complexity index is 929. The number of sulfonamides is 1. The number of hydrogen-bond acceptors (Lipinski definition) is 7. The van der Waals surface area contributed by atoms with Gasteiger partial charge in [0.2, 0.25) is 15.9 Å². The predicted octanol–water partition coefficient (Wildman–Crippen LogP) is -0.614. The minimum Gasteiger partial charge on any atom is -0.467 e. The van der Waals surface area contributed by atoms with E-state index in [9.17, 15) is 13.2 Å². The van der Waals surface area contributed by atoms with Crippen LogP contribution in [0.5, 0.6) is 5.88 Å². The summed E-state index contributed by atoms with van der Waals surface area (Å²) in [5.74, 6) is 0.322. The Morgan fingerprint density at radius 3 is 2.92 bits per heavy atom. The average molecular weight is 380 g/mol. The van der Waals surface area contributed by atoms with Crippen molar-refractivity contribution in [2.24, 2.45) is 5.92 Å². The topological polar surface area (TPSA) is 110 Å². The first kappa shape index (κ1) is 17.2. The number of carbonyl (C=O) groups is 1. The van der Waals surface area contributed by atoms with Gasteiger partial charge in [-0.1, -0.05) is 0 Å². The van der Waals surface area contributed by atoms with E-state index in [1.807, 2.05) is 0 Å². The lowest BCUT2D eigenvalue weighted by atomic mass is 9.95. The fourth-order valence-electron chi connectivity index (χ4n) is 3.62. The number of amides is 1. The molecule has 3 saturated heterocycles. The molecule has 0 unspecified atom stereocenters. The lowest BCUT2D eigenvalue weighted by molar-refractivity contribution is -0.137. The van der Waals surface area contributed by atoms with Crippen LogP contribution in [-0.2, 0) is 14.8 Å². The number of carbonyl (C=O) groups excluding carboxylic acids is 1. The summed E-state index contributed by atoms with van der Waals surface area (Å²) in [6.07, 6.45) is 4.43. The molecule has 0 spiro atoms. The molecule has 2 bridgehead atoms. The first-order valence-corrected chi connectivity index (χ1v) is 10.3. The molecule has 2 aromatic rings. The van der Waals surface area contributed by atoms with Crippen molar-refractivity contribution in [1.82, 2.24) is 29.0 Å². The molecule has 10 nitrogen and oxygen atoms in total. The maximum absolute atomic E-state index is 12.7. The van der Waals surface area contributed by atoms with E-state index in [0.717, 1.165) is 12.8 Å². The van der Waals surface area contributed by atoms with E-state index in [1.54, 1.807) is 17.0 Å². The van der Waals surface area contributed by atoms with Gasteiger partial charge in [-0.15, -0.1) is 15.3 Å². The standard InChI is InChI=1S/C15H20N6O4S/c1-26(23,24)19-6-11-2-3-12(8-19)20(7-11)15(22)9-25-14-5-4-13-17-16-10-21(13)18-14/h4-5,10-12H,2-3,6-9H2,1H3/t11-,12+/m1/s1. The maximum Gasteiger partial charge on any atom is 0.260 e. The molecule has 0 N–H and O–H groups in total. The zero-order chi connectivity index (χ0) is 18.3. The highest BCUT2D eigenvalue weighted by Gasteiger charge is 2.39. The highest BCUT2D eigenvalue weighted by molar-refractivity contribution is 7.88. The molecular formula is C15H20N6O4S. The van der Waals surface area contributed by atoms with Gasteiger partial charge in [0.05, 0.1) is 6.26 Å². The molecule has 3 fully saturated rings. The van der Waals surface area contributed by atoms with Crippen molar-refractivity contribution in [3.05, 3.63) is 18.5 Å². The Morgan fingerprint density at radius 1 is 1.27 bits per heavy atom. The van der Waals surface area contributed by atoms with Gasteiger partial charge in [0, 0.05) is 31.7 Å². The highest BCUT2D eigenvalue weighted by Crippen LogP contribution is 2.29. The lowest BCUT2D eigenvalue weighted by Gasteiger charge is -2.36. The van der Waals surface area contributed by atoms with Gasteiger partial charge in [-0.25, -0.2) is 8.42 Å². The van der Waals surface area contributed by atoms with E-state index in [1.165, 1.54) is 21.4 Å². The van der Waals surface area contributed by atoms with Crippen molar-refractivity contribution in [3.63, 3.8) is 0 Å². The molecule has 3 aliphatic rings. The third-order valence-corrected chi connectivity index (χ3v) is 6.19. The summed E-state index contributed by atoms with van der Waals surface area (Å²) in [4.78, 5) is 14.4. The summed E-state index contributed by atoms with van der Waals surface area (Å²) < 4.78 is 32.3. The van der Waals surface area contributed by atoms with Gasteiger partial charge in [0.15, 0.2) is 12.3 Å². The fraction of sp³-hybridized carbons (Fsp3) is 0.600. The summed E-state index contributed by atoms with van der Waals surface area (Å²) in [5.41, 5.74) is 0.592. The molecule has 0 radical (unpaired) electrons. The number of hydrogen-bond donors (Lipinski definition) is 0. The van der Waals surface area contributed by atoms with Crippen molar-refractivity contribution >= 4 is 21.6 Å². The fourth-order valence-corrected chi connectivity index (χ4v) is 4.55. The second kappa shape index (κ2) is 6.47. The normalized spacial score (nSPS) is 24.0. The molecular weight excluding hydrogens is 360 g/mol. The van der Waals surface area contributed by atoms with Gasteiger partial charge in [-0.3, -0.25) is 4.79 Å². The predicted molar refractivity (Wildman–Crippen MR) is 90.9 cm³/mol. The minimum absolute atomic E-state index is 0.104. The number of ether oxygens (including phenoxy) is 1. The van der Waals surface area contributed by atoms with Crippen molar-refractivity contribution in [1.29, 1.82) is 0 Å². The third kappa shape index (κ3) is 3.36. The van der Waals surface area contributed by atoms with Gasteiger partial charge in [-0.2, -0.15) is 8.82 Å². The highest BCUT2D eigenvalue weighted by atomic mass is 32.2. The van der Waals surface area contributed by atoms with Crippen LogP contribution in [0.1, 0.15) is 12.8 Å². The second-order valence-electron chi connectivity index (χ2n) is 6.82. The van der Waals surface area contributed by atoms with E-state index in [0.29, 0.717) is 31.2 Å². The molecule has 2 aromatic heterocycles. The van der Waals surface area contributed by atoms with Gasteiger partial charge >= 0.3 is 0 Å². The monoisotopic (exact) mass is 380 g/mol. The number of fused-ring (bicyclic) bond motifs is 5. The van der Waals surface area contributed by atoms with Crippen molar-refractivity contribution in [2.45, 2.75) is 18.9 Å². The largest absolute Gasteiger partial charge is 0.467 e. The molecule has 1 amide bonds. The maximum atomic E-state index is 12.7. The molecule has 3 aliphatic heterocycles. The minimum atomic E-state index is -3.26. The van der Waals surface area contributed by atoms with E-state index < -0.39 is 10.0 Å². The third-order valence-electron chi connectivity index (χ3n) is 4.95. The van der Waals surface area contributed by atoms with Gasteiger partial charge in [0.25, 0.3) is 5.91 Å². The van der Waals surface area contributed by atoms with Crippen LogP contribution in [0.2, 0.25) is 0 Å². The molecule has 5 rings (SSSR count). The van der Waals surface area contributed by atoms with Gasteiger partial charge in [-0.05, 0) is 24.8 Å². The van der Waals surface area contributed by atoms with Crippen LogP contribution in [0.25, 0.3) is 5.65 Å². The lowest BCUT2D eigenvalue weighted by Crippen LogP contribution is -2.49. The van der Waals surface area contributed by atoms with E-state index >= 15 is 0 Å². The molecule has 0 saturated carbocycles. The number of aromatic nitrogens is 4. The summed E-state index contributed by atoms with van der Waals surface area (Å²) in [7, 11) is -3.26. The Hall–Kier alpha value is -2.27. The van der Waals surface area contributed by atoms with Crippen LogP contribution in [0.4, 0.5) is 0 Å². The zero-order valence-electron chi connectivity index (χ0n) is 14.4. The van der Waals surface area contributed by atoms with E-state index in [2.05, 4.69) is 15.3 Å². The van der Waals surface area contributed by atoms with Crippen LogP contribution >= 0.6 is 0 Å². The smallest absolute Gasteiger partial charge is 0.260 e. The Morgan fingerprint density at radius 2 is 2.12 bits per heavy atom. The number of rotatable bonds is 4. The molecule has 0 aliphatic carbocycles. The number of nitrogens with zero attached hydrogens (tertiary/aromatic N) is 6. The molecule has 11 heteroatoms. The van der Waals surface area contributed by atoms with Crippen LogP contribution in [0, 0.1) is 5.92 Å². The van der Waals surface area contributed by atoms with Crippen molar-refractivity contribution < 1.29 is 17.9 Å². The van der Waals surface area contributed by atoms with Crippen LogP contribution in [0.15, 0.2) is 18.5 Å². The second-order valence-corrected chi connectivity index (χ2v) is 8.80. The first-order valence-electron chi connectivity index (χ1n) is 8.44. The summed E-state index contributed by atoms with van der Waals surface area (Å²) in [5, 5.41) is 11.8. The SMILES string of the molecule is CS(=O)(=O)N1C[C@H]2CC[C@@H](C1)N(C(=O)COc1ccc3nncn3n1)C2. The molecule has 26 heavy (non-hydrogen) atoms. The number of piperidine rings is 1. The van der Waals surface area contributed by atoms with Crippen LogP contribution in [-0.4, -0.2) is 81.9 Å². The molecule has 2 atom stereocenters. The Balaban J connectivity index is 1.43. The van der Waals surface area contributed by atoms with Crippen LogP contribution < -0.4 is 4.74 Å². The Kier molecular flexibility index (Phi) is 4.27. The summed E-state index contributed by atoms with van der Waals surface area (Å²) in [6.45, 7) is 1.26. The summed E-state index contributed by atoms with van der Waals surface area (Å²) in [6, 6.07) is 3.24. The zero-order valence-corrected chi connectivity index (χ0v) is 15.2. The molecule has 140 valence electrons. The molecule has 0 aromatic carbocycles. The van der Waals surface area contributed by atoms with Crippen molar-refractivity contribution in [2.75, 3.05) is 32.5 Å². The van der Waals surface area contributed by atoms with E-state index in [-0.39, 0.29) is 24.5 Å². The van der Waals surface area contributed by atoms with Gasteiger partial charge < -0.3 is 9.64 Å². The quantitative estimate of drug-likeness (QED) is 0.695.